The first-order valence-corrected chi connectivity index (χ1v) is 14.1. The number of rotatable bonds is 12. The van der Waals surface area contributed by atoms with Crippen molar-refractivity contribution in [1.82, 2.24) is 10.2 Å². The van der Waals surface area contributed by atoms with Crippen molar-refractivity contribution >= 4 is 39.1 Å². The maximum atomic E-state index is 13.8. The van der Waals surface area contributed by atoms with E-state index in [9.17, 15) is 22.4 Å². The van der Waals surface area contributed by atoms with E-state index >= 15 is 0 Å². The van der Waals surface area contributed by atoms with Gasteiger partial charge in [0, 0.05) is 18.1 Å². The molecular weight excluding hydrogens is 529 g/mol. The Bertz CT molecular complexity index is 1340. The minimum absolute atomic E-state index is 0.0242. The monoisotopic (exact) mass is 559 g/mol. The molecule has 0 spiro atoms. The quantitative estimate of drug-likeness (QED) is 0.316. The molecule has 0 radical (unpaired) electrons. The van der Waals surface area contributed by atoms with Crippen LogP contribution >= 0.6 is 11.6 Å². The van der Waals surface area contributed by atoms with Crippen molar-refractivity contribution < 1.29 is 22.4 Å². The second-order valence-corrected chi connectivity index (χ2v) is 11.1. The van der Waals surface area contributed by atoms with E-state index in [0.717, 1.165) is 29.3 Å². The summed E-state index contributed by atoms with van der Waals surface area (Å²) in [5.74, 6) is -1.50. The maximum absolute atomic E-state index is 13.8. The normalized spacial score (nSPS) is 12.0. The highest BCUT2D eigenvalue weighted by Crippen LogP contribution is 2.25. The fourth-order valence-electron chi connectivity index (χ4n) is 3.81. The minimum Gasteiger partial charge on any atom is -0.354 e. The van der Waals surface area contributed by atoms with E-state index in [0.29, 0.717) is 17.1 Å². The van der Waals surface area contributed by atoms with Crippen LogP contribution in [0.3, 0.4) is 0 Å². The summed E-state index contributed by atoms with van der Waals surface area (Å²) in [6, 6.07) is 18.5. The number of hydrogen-bond acceptors (Lipinski definition) is 4. The summed E-state index contributed by atoms with van der Waals surface area (Å²) < 4.78 is 41.8. The lowest BCUT2D eigenvalue weighted by molar-refractivity contribution is -0.139. The first-order valence-electron chi connectivity index (χ1n) is 12.3. The lowest BCUT2D eigenvalue weighted by Gasteiger charge is -2.32. The number of unbranched alkanes of at least 4 members (excludes halogenated alkanes) is 1. The van der Waals surface area contributed by atoms with Crippen LogP contribution in [0.2, 0.25) is 5.02 Å². The number of nitrogens with one attached hydrogen (secondary N) is 1. The summed E-state index contributed by atoms with van der Waals surface area (Å²) in [4.78, 5) is 28.0. The number of amides is 2. The Morgan fingerprint density at radius 3 is 2.32 bits per heavy atom. The van der Waals surface area contributed by atoms with Gasteiger partial charge in [-0.15, -0.1) is 0 Å². The van der Waals surface area contributed by atoms with Crippen LogP contribution in [0.25, 0.3) is 0 Å². The van der Waals surface area contributed by atoms with Gasteiger partial charge in [0.1, 0.15) is 18.4 Å². The molecule has 7 nitrogen and oxygen atoms in total. The second kappa shape index (κ2) is 13.4. The molecule has 0 saturated carbocycles. The molecule has 0 saturated heterocycles. The van der Waals surface area contributed by atoms with E-state index in [1.165, 1.54) is 29.2 Å². The molecule has 3 aromatic rings. The Labute approximate surface area is 228 Å². The van der Waals surface area contributed by atoms with Crippen molar-refractivity contribution in [2.45, 2.75) is 44.2 Å². The maximum Gasteiger partial charge on any atom is 0.264 e. The Balaban J connectivity index is 1.98. The van der Waals surface area contributed by atoms with Gasteiger partial charge in [-0.1, -0.05) is 55.3 Å². The average molecular weight is 560 g/mol. The molecule has 0 bridgehead atoms. The average Bonchev–Trinajstić information content (AvgIpc) is 2.91. The largest absolute Gasteiger partial charge is 0.354 e. The van der Waals surface area contributed by atoms with E-state index in [4.69, 9.17) is 11.6 Å². The van der Waals surface area contributed by atoms with Crippen molar-refractivity contribution in [3.05, 3.63) is 95.3 Å². The number of sulfonamides is 1. The minimum atomic E-state index is -4.20. The third-order valence-corrected chi connectivity index (χ3v) is 7.99. The van der Waals surface area contributed by atoms with Gasteiger partial charge < -0.3 is 10.2 Å². The van der Waals surface area contributed by atoms with Crippen molar-refractivity contribution in [3.8, 4) is 0 Å². The van der Waals surface area contributed by atoms with Crippen LogP contribution in [-0.2, 0) is 26.2 Å². The van der Waals surface area contributed by atoms with Crippen molar-refractivity contribution in [1.29, 1.82) is 0 Å². The molecule has 10 heteroatoms. The molecule has 3 aromatic carbocycles. The summed E-state index contributed by atoms with van der Waals surface area (Å²) >= 11 is 6.14. The third-order valence-electron chi connectivity index (χ3n) is 5.96. The Hall–Kier alpha value is -3.43. The Kier molecular flexibility index (Phi) is 10.3. The van der Waals surface area contributed by atoms with Crippen LogP contribution in [0.1, 0.15) is 32.3 Å². The topological polar surface area (TPSA) is 86.8 Å². The van der Waals surface area contributed by atoms with Gasteiger partial charge in [-0.05, 0) is 67.4 Å². The van der Waals surface area contributed by atoms with Crippen LogP contribution in [0, 0.1) is 5.82 Å². The molecule has 202 valence electrons. The summed E-state index contributed by atoms with van der Waals surface area (Å²) in [7, 11) is -4.20. The van der Waals surface area contributed by atoms with Gasteiger partial charge in [-0.25, -0.2) is 12.8 Å². The summed E-state index contributed by atoms with van der Waals surface area (Å²) in [5.41, 5.74) is 0.796. The number of carbonyl (C=O) groups excluding carboxylic acids is 2. The zero-order chi connectivity index (χ0) is 27.7. The lowest BCUT2D eigenvalue weighted by Crippen LogP contribution is -2.51. The van der Waals surface area contributed by atoms with Gasteiger partial charge in [-0.3, -0.25) is 13.9 Å². The van der Waals surface area contributed by atoms with E-state index in [1.807, 2.05) is 6.92 Å². The number of halogens is 2. The molecule has 0 aliphatic rings. The first-order chi connectivity index (χ1) is 18.1. The highest BCUT2D eigenvalue weighted by molar-refractivity contribution is 7.92. The van der Waals surface area contributed by atoms with Crippen LogP contribution in [0.4, 0.5) is 10.1 Å². The number of carbonyl (C=O) groups is 2. The molecule has 0 aliphatic carbocycles. The fraction of sp³-hybridized carbons (Fsp3) is 0.286. The zero-order valence-corrected chi connectivity index (χ0v) is 22.9. The van der Waals surface area contributed by atoms with Crippen LogP contribution in [-0.4, -0.2) is 44.3 Å². The molecule has 0 aliphatic heterocycles. The van der Waals surface area contributed by atoms with Gasteiger partial charge in [0.2, 0.25) is 11.8 Å². The van der Waals surface area contributed by atoms with Crippen LogP contribution < -0.4 is 9.62 Å². The molecule has 1 N–H and O–H groups in total. The first kappa shape index (κ1) is 29.1. The Morgan fingerprint density at radius 1 is 1.00 bits per heavy atom. The lowest BCUT2D eigenvalue weighted by atomic mass is 10.1. The molecule has 3 rings (SSSR count). The Morgan fingerprint density at radius 2 is 1.68 bits per heavy atom. The van der Waals surface area contributed by atoms with Crippen LogP contribution in [0.5, 0.6) is 0 Å². The molecule has 0 aromatic heterocycles. The highest BCUT2D eigenvalue weighted by Gasteiger charge is 2.32. The number of anilines is 1. The predicted octanol–water partition coefficient (Wildman–Crippen LogP) is 5.01. The summed E-state index contributed by atoms with van der Waals surface area (Å²) in [6.07, 6.45) is 1.68. The van der Waals surface area contributed by atoms with E-state index in [1.54, 1.807) is 49.4 Å². The molecule has 38 heavy (non-hydrogen) atoms. The second-order valence-electron chi connectivity index (χ2n) is 8.77. The molecule has 1 unspecified atom stereocenters. The highest BCUT2D eigenvalue weighted by atomic mass is 35.5. The third kappa shape index (κ3) is 7.55. The standard InChI is InChI=1S/C28H31ClFN3O4S/c1-3-4-17-31-28(35)21(2)32(19-22-9-8-10-23(29)18-22)27(34)20-33(25-15-13-24(30)14-16-25)38(36,37)26-11-6-5-7-12-26/h5-16,18,21H,3-4,17,19-20H2,1-2H3,(H,31,35). The van der Waals surface area contributed by atoms with Gasteiger partial charge in [0.15, 0.2) is 0 Å². The van der Waals surface area contributed by atoms with Crippen LogP contribution in [0.15, 0.2) is 83.8 Å². The molecule has 2 amide bonds. The van der Waals surface area contributed by atoms with Crippen molar-refractivity contribution in [3.63, 3.8) is 0 Å². The molecule has 0 fully saturated rings. The fourth-order valence-corrected chi connectivity index (χ4v) is 5.45. The van der Waals surface area contributed by atoms with Crippen molar-refractivity contribution in [2.24, 2.45) is 0 Å². The van der Waals surface area contributed by atoms with Gasteiger partial charge >= 0.3 is 0 Å². The molecule has 0 heterocycles. The summed E-state index contributed by atoms with van der Waals surface area (Å²) in [5, 5.41) is 3.30. The molecular formula is C28H31ClFN3O4S. The summed E-state index contributed by atoms with van der Waals surface area (Å²) in [6.45, 7) is 3.49. The van der Waals surface area contributed by atoms with Gasteiger partial charge in [-0.2, -0.15) is 0 Å². The predicted molar refractivity (Wildman–Crippen MR) is 147 cm³/mol. The van der Waals surface area contributed by atoms with E-state index in [2.05, 4.69) is 5.32 Å². The smallest absolute Gasteiger partial charge is 0.264 e. The van der Waals surface area contributed by atoms with E-state index in [-0.39, 0.29) is 23.0 Å². The van der Waals surface area contributed by atoms with Gasteiger partial charge in [0.05, 0.1) is 10.6 Å². The number of nitrogens with zero attached hydrogens (tertiary/aromatic N) is 2. The number of hydrogen-bond donors (Lipinski definition) is 1. The van der Waals surface area contributed by atoms with Crippen molar-refractivity contribution in [2.75, 3.05) is 17.4 Å². The van der Waals surface area contributed by atoms with Gasteiger partial charge in [0.25, 0.3) is 10.0 Å². The molecule has 1 atom stereocenters. The number of benzene rings is 3. The zero-order valence-electron chi connectivity index (χ0n) is 21.3. The van der Waals surface area contributed by atoms with E-state index < -0.39 is 34.3 Å². The SMILES string of the molecule is CCCCNC(=O)C(C)N(Cc1cccc(Cl)c1)C(=O)CN(c1ccc(F)cc1)S(=O)(=O)c1ccccc1.